The minimum atomic E-state index is -0.744. The van der Waals surface area contributed by atoms with E-state index in [9.17, 15) is 9.65 Å². The molecule has 1 aliphatic carbocycles. The topological polar surface area (TPSA) is 35.8 Å². The van der Waals surface area contributed by atoms with Gasteiger partial charge in [0.15, 0.2) is 0 Å². The average molecular weight is 216 g/mol. The zero-order valence-electron chi connectivity index (χ0n) is 8.96. The Labute approximate surface area is 94.4 Å². The molecule has 0 fully saturated rings. The van der Waals surface area contributed by atoms with E-state index in [1.54, 1.807) is 12.1 Å². The Kier molecular flexibility index (Phi) is 2.76. The third-order valence-corrected chi connectivity index (χ3v) is 3.07. The molecule has 1 aromatic carbocycles. The molecule has 0 spiro atoms. The van der Waals surface area contributed by atoms with Crippen molar-refractivity contribution in [1.29, 1.82) is 5.26 Å². The molecule has 3 heteroatoms. The summed E-state index contributed by atoms with van der Waals surface area (Å²) in [5.74, 6) is -0.213. The second-order valence-electron chi connectivity index (χ2n) is 3.95. The predicted octanol–water partition coefficient (Wildman–Crippen LogP) is 2.27. The highest BCUT2D eigenvalue weighted by atomic mass is 19.1. The third kappa shape index (κ3) is 1.52. The highest BCUT2D eigenvalue weighted by Gasteiger charge is 2.39. The highest BCUT2D eigenvalue weighted by molar-refractivity contribution is 5.44. The van der Waals surface area contributed by atoms with Crippen molar-refractivity contribution >= 4 is 0 Å². The van der Waals surface area contributed by atoms with Crippen molar-refractivity contribution in [2.45, 2.75) is 18.4 Å². The molecule has 0 saturated carbocycles. The maximum absolute atomic E-state index is 13.5. The van der Waals surface area contributed by atoms with Crippen LogP contribution in [0.1, 0.15) is 17.5 Å². The molecule has 1 N–H and O–H groups in total. The summed E-state index contributed by atoms with van der Waals surface area (Å²) in [5.41, 5.74) is 0.698. The highest BCUT2D eigenvalue weighted by Crippen LogP contribution is 2.37. The van der Waals surface area contributed by atoms with Crippen molar-refractivity contribution in [2.24, 2.45) is 0 Å². The van der Waals surface area contributed by atoms with Gasteiger partial charge >= 0.3 is 0 Å². The lowest BCUT2D eigenvalue weighted by molar-refractivity contribution is 0.447. The molecule has 82 valence electrons. The number of nitrogens with one attached hydrogen (secondary N) is 1. The van der Waals surface area contributed by atoms with Crippen LogP contribution in [-0.4, -0.2) is 6.54 Å². The fourth-order valence-electron chi connectivity index (χ4n) is 2.25. The Morgan fingerprint density at radius 3 is 3.12 bits per heavy atom. The summed E-state index contributed by atoms with van der Waals surface area (Å²) in [4.78, 5) is 0. The van der Waals surface area contributed by atoms with Crippen LogP contribution in [0.15, 0.2) is 30.9 Å². The molecule has 0 radical (unpaired) electrons. The van der Waals surface area contributed by atoms with E-state index in [4.69, 9.17) is 0 Å². The SMILES string of the molecule is C=CCNC1(C#N)CCc2c(F)cccc21. The van der Waals surface area contributed by atoms with E-state index in [1.807, 2.05) is 6.07 Å². The van der Waals surface area contributed by atoms with Crippen molar-refractivity contribution < 1.29 is 4.39 Å². The van der Waals surface area contributed by atoms with Crippen LogP contribution < -0.4 is 5.32 Å². The quantitative estimate of drug-likeness (QED) is 0.787. The van der Waals surface area contributed by atoms with Gasteiger partial charge in [0, 0.05) is 6.54 Å². The van der Waals surface area contributed by atoms with Crippen molar-refractivity contribution in [2.75, 3.05) is 6.54 Å². The van der Waals surface area contributed by atoms with Crippen LogP contribution in [-0.2, 0) is 12.0 Å². The molecule has 0 aromatic heterocycles. The van der Waals surface area contributed by atoms with Crippen LogP contribution in [0.5, 0.6) is 0 Å². The first-order valence-electron chi connectivity index (χ1n) is 5.28. The molecule has 2 rings (SSSR count). The first-order valence-corrected chi connectivity index (χ1v) is 5.28. The molecule has 0 amide bonds. The van der Waals surface area contributed by atoms with Crippen molar-refractivity contribution in [3.8, 4) is 6.07 Å². The van der Waals surface area contributed by atoms with Crippen molar-refractivity contribution in [3.05, 3.63) is 47.8 Å². The number of hydrogen-bond donors (Lipinski definition) is 1. The standard InChI is InChI=1S/C13H13FN2/c1-2-8-16-13(9-15)7-6-10-11(13)4-3-5-12(10)14/h2-5,16H,1,6-8H2. The van der Waals surface area contributed by atoms with Crippen LogP contribution >= 0.6 is 0 Å². The molecule has 0 bridgehead atoms. The van der Waals surface area contributed by atoms with Gasteiger partial charge < -0.3 is 0 Å². The predicted molar refractivity (Wildman–Crippen MR) is 60.2 cm³/mol. The number of hydrogen-bond acceptors (Lipinski definition) is 2. The molecule has 1 aliphatic rings. The molecule has 1 aromatic rings. The Hall–Kier alpha value is -1.66. The van der Waals surface area contributed by atoms with E-state index in [0.717, 1.165) is 5.56 Å². The van der Waals surface area contributed by atoms with E-state index in [2.05, 4.69) is 18.0 Å². The number of fused-ring (bicyclic) bond motifs is 1. The van der Waals surface area contributed by atoms with E-state index in [-0.39, 0.29) is 5.82 Å². The molecule has 1 unspecified atom stereocenters. The lowest BCUT2D eigenvalue weighted by Gasteiger charge is -2.23. The van der Waals surface area contributed by atoms with Crippen LogP contribution in [0.4, 0.5) is 4.39 Å². The van der Waals surface area contributed by atoms with Gasteiger partial charge in [-0.1, -0.05) is 18.2 Å². The number of nitrogens with zero attached hydrogens (tertiary/aromatic N) is 1. The summed E-state index contributed by atoms with van der Waals surface area (Å²) in [6.45, 7) is 4.16. The maximum Gasteiger partial charge on any atom is 0.133 e. The maximum atomic E-state index is 13.5. The molecule has 0 heterocycles. The fourth-order valence-corrected chi connectivity index (χ4v) is 2.25. The monoisotopic (exact) mass is 216 g/mol. The number of halogens is 1. The molecule has 0 saturated heterocycles. The van der Waals surface area contributed by atoms with Gasteiger partial charge in [0.2, 0.25) is 0 Å². The van der Waals surface area contributed by atoms with Gasteiger partial charge in [-0.3, -0.25) is 5.32 Å². The minimum Gasteiger partial charge on any atom is -0.292 e. The Morgan fingerprint density at radius 2 is 2.44 bits per heavy atom. The minimum absolute atomic E-state index is 0.213. The van der Waals surface area contributed by atoms with Crippen molar-refractivity contribution in [3.63, 3.8) is 0 Å². The summed E-state index contributed by atoms with van der Waals surface area (Å²) in [6.07, 6.45) is 2.93. The molecule has 2 nitrogen and oxygen atoms in total. The number of rotatable bonds is 3. The largest absolute Gasteiger partial charge is 0.292 e. The Balaban J connectivity index is 2.44. The first-order chi connectivity index (χ1) is 7.73. The lowest BCUT2D eigenvalue weighted by atomic mass is 9.93. The summed E-state index contributed by atoms with van der Waals surface area (Å²) >= 11 is 0. The van der Waals surface area contributed by atoms with Crippen LogP contribution in [0, 0.1) is 17.1 Å². The van der Waals surface area contributed by atoms with Crippen LogP contribution in [0.25, 0.3) is 0 Å². The zero-order chi connectivity index (χ0) is 11.6. The Bertz CT molecular complexity index is 461. The molecule has 0 aliphatic heterocycles. The molecular formula is C13H13FN2. The number of nitriles is 1. The summed E-state index contributed by atoms with van der Waals surface area (Å²) in [6, 6.07) is 7.19. The third-order valence-electron chi connectivity index (χ3n) is 3.07. The van der Waals surface area contributed by atoms with Gasteiger partial charge in [-0.05, 0) is 30.0 Å². The van der Waals surface area contributed by atoms with Crippen LogP contribution in [0.3, 0.4) is 0 Å². The summed E-state index contributed by atoms with van der Waals surface area (Å²) in [7, 11) is 0. The second-order valence-corrected chi connectivity index (χ2v) is 3.95. The average Bonchev–Trinajstić information content (AvgIpc) is 2.68. The summed E-state index contributed by atoms with van der Waals surface area (Å²) in [5, 5.41) is 12.4. The smallest absolute Gasteiger partial charge is 0.133 e. The van der Waals surface area contributed by atoms with Gasteiger partial charge in [-0.15, -0.1) is 6.58 Å². The summed E-state index contributed by atoms with van der Waals surface area (Å²) < 4.78 is 13.5. The van der Waals surface area contributed by atoms with Gasteiger partial charge in [0.25, 0.3) is 0 Å². The van der Waals surface area contributed by atoms with E-state index in [1.165, 1.54) is 6.07 Å². The number of benzene rings is 1. The fraction of sp³-hybridized carbons (Fsp3) is 0.308. The van der Waals surface area contributed by atoms with Gasteiger partial charge in [0.1, 0.15) is 11.4 Å². The van der Waals surface area contributed by atoms with Gasteiger partial charge in [0.05, 0.1) is 6.07 Å². The Morgan fingerprint density at radius 1 is 1.62 bits per heavy atom. The lowest BCUT2D eigenvalue weighted by Crippen LogP contribution is -2.39. The molecular weight excluding hydrogens is 203 g/mol. The zero-order valence-corrected chi connectivity index (χ0v) is 8.96. The van der Waals surface area contributed by atoms with Crippen molar-refractivity contribution in [1.82, 2.24) is 5.32 Å². The molecule has 1 atom stereocenters. The van der Waals surface area contributed by atoms with Crippen LogP contribution in [0.2, 0.25) is 0 Å². The first kappa shape index (κ1) is 10.8. The normalized spacial score (nSPS) is 22.5. The molecule has 16 heavy (non-hydrogen) atoms. The van der Waals surface area contributed by atoms with E-state index < -0.39 is 5.54 Å². The second kappa shape index (κ2) is 4.07. The van der Waals surface area contributed by atoms with E-state index >= 15 is 0 Å². The van der Waals surface area contributed by atoms with Gasteiger partial charge in [-0.25, -0.2) is 4.39 Å². The van der Waals surface area contributed by atoms with E-state index in [0.29, 0.717) is 24.9 Å². The van der Waals surface area contributed by atoms with Gasteiger partial charge in [-0.2, -0.15) is 5.26 Å².